The summed E-state index contributed by atoms with van der Waals surface area (Å²) in [4.78, 5) is 15.5. The van der Waals surface area contributed by atoms with Crippen LogP contribution >= 0.6 is 0 Å². The van der Waals surface area contributed by atoms with Crippen LogP contribution in [-0.2, 0) is 18.3 Å². The zero-order valence-corrected chi connectivity index (χ0v) is 9.66. The number of rotatable bonds is 5. The highest BCUT2D eigenvalue weighted by molar-refractivity contribution is 5.75. The third-order valence-corrected chi connectivity index (χ3v) is 2.19. The molecule has 1 N–H and O–H groups in total. The van der Waals surface area contributed by atoms with Crippen molar-refractivity contribution in [2.75, 3.05) is 6.54 Å². The number of hydrogen-bond donors (Lipinski definition) is 1. The molecule has 1 amide bonds. The number of aryl methyl sites for hydroxylation is 1. The van der Waals surface area contributed by atoms with Crippen LogP contribution in [0.25, 0.3) is 0 Å². The van der Waals surface area contributed by atoms with E-state index in [1.165, 1.54) is 0 Å². The lowest BCUT2D eigenvalue weighted by molar-refractivity contribution is -0.121. The van der Waals surface area contributed by atoms with Crippen LogP contribution in [0.2, 0.25) is 0 Å². The minimum absolute atomic E-state index is 0.124. The molecule has 0 aromatic carbocycles. The van der Waals surface area contributed by atoms with Gasteiger partial charge in [0.1, 0.15) is 5.82 Å². The number of nitrogens with one attached hydrogen (secondary N) is 1. The summed E-state index contributed by atoms with van der Waals surface area (Å²) >= 11 is 0. The van der Waals surface area contributed by atoms with E-state index in [1.54, 1.807) is 6.20 Å². The van der Waals surface area contributed by atoms with Crippen molar-refractivity contribution in [1.82, 2.24) is 14.9 Å². The first-order valence-corrected chi connectivity index (χ1v) is 5.32. The minimum atomic E-state index is 0.124. The van der Waals surface area contributed by atoms with Gasteiger partial charge in [-0.05, 0) is 5.92 Å². The summed E-state index contributed by atoms with van der Waals surface area (Å²) in [7, 11) is 1.96. The molecule has 84 valence electrons. The summed E-state index contributed by atoms with van der Waals surface area (Å²) in [5.74, 6) is 1.54. The number of amides is 1. The van der Waals surface area contributed by atoms with Crippen LogP contribution < -0.4 is 5.32 Å². The molecule has 1 aromatic heterocycles. The van der Waals surface area contributed by atoms with E-state index in [2.05, 4.69) is 10.3 Å². The molecule has 15 heavy (non-hydrogen) atoms. The van der Waals surface area contributed by atoms with Gasteiger partial charge < -0.3 is 9.88 Å². The van der Waals surface area contributed by atoms with Crippen LogP contribution in [-0.4, -0.2) is 22.0 Å². The van der Waals surface area contributed by atoms with Crippen LogP contribution in [0.3, 0.4) is 0 Å². The van der Waals surface area contributed by atoms with Crippen molar-refractivity contribution in [1.29, 1.82) is 0 Å². The molecule has 4 nitrogen and oxygen atoms in total. The Kier molecular flexibility index (Phi) is 4.34. The molecule has 0 aliphatic rings. The van der Waals surface area contributed by atoms with Gasteiger partial charge in [0.2, 0.25) is 5.91 Å². The molecule has 0 bridgehead atoms. The SMILES string of the molecule is CC(C)CC(=O)NCCc1nccn1C. The van der Waals surface area contributed by atoms with Crippen LogP contribution in [0.1, 0.15) is 26.1 Å². The third-order valence-electron chi connectivity index (χ3n) is 2.19. The Morgan fingerprint density at radius 3 is 2.87 bits per heavy atom. The van der Waals surface area contributed by atoms with Crippen LogP contribution in [0.5, 0.6) is 0 Å². The highest BCUT2D eigenvalue weighted by Gasteiger charge is 2.04. The molecule has 0 aliphatic carbocycles. The maximum absolute atomic E-state index is 11.3. The number of nitrogens with zero attached hydrogens (tertiary/aromatic N) is 2. The molecular formula is C11H19N3O. The maximum atomic E-state index is 11.3. The average molecular weight is 209 g/mol. The summed E-state index contributed by atoms with van der Waals surface area (Å²) in [5, 5.41) is 2.89. The maximum Gasteiger partial charge on any atom is 0.220 e. The Balaban J connectivity index is 2.22. The van der Waals surface area contributed by atoms with Gasteiger partial charge in [-0.15, -0.1) is 0 Å². The zero-order valence-electron chi connectivity index (χ0n) is 9.66. The van der Waals surface area contributed by atoms with Crippen LogP contribution in [0.15, 0.2) is 12.4 Å². The molecule has 4 heteroatoms. The van der Waals surface area contributed by atoms with Crippen molar-refractivity contribution in [3.8, 4) is 0 Å². The number of carbonyl (C=O) groups is 1. The summed E-state index contributed by atoms with van der Waals surface area (Å²) in [6.45, 7) is 4.74. The molecule has 0 aliphatic heterocycles. The van der Waals surface area contributed by atoms with Gasteiger partial charge in [0, 0.05) is 38.8 Å². The third kappa shape index (κ3) is 4.14. The first kappa shape index (κ1) is 11.8. The van der Waals surface area contributed by atoms with E-state index < -0.39 is 0 Å². The predicted molar refractivity (Wildman–Crippen MR) is 59.4 cm³/mol. The van der Waals surface area contributed by atoms with Gasteiger partial charge in [-0.2, -0.15) is 0 Å². The van der Waals surface area contributed by atoms with Gasteiger partial charge >= 0.3 is 0 Å². The lowest BCUT2D eigenvalue weighted by atomic mass is 10.1. The lowest BCUT2D eigenvalue weighted by Gasteiger charge is -2.06. The number of carbonyl (C=O) groups excluding carboxylic acids is 1. The number of aromatic nitrogens is 2. The van der Waals surface area contributed by atoms with Crippen LogP contribution in [0, 0.1) is 5.92 Å². The summed E-state index contributed by atoms with van der Waals surface area (Å²) in [6.07, 6.45) is 5.06. The molecule has 0 saturated heterocycles. The quantitative estimate of drug-likeness (QED) is 0.790. The smallest absolute Gasteiger partial charge is 0.220 e. The Bertz CT molecular complexity index is 317. The molecule has 1 rings (SSSR count). The van der Waals surface area contributed by atoms with Crippen molar-refractivity contribution in [2.45, 2.75) is 26.7 Å². The zero-order chi connectivity index (χ0) is 11.3. The van der Waals surface area contributed by atoms with Crippen molar-refractivity contribution < 1.29 is 4.79 Å². The fourth-order valence-corrected chi connectivity index (χ4v) is 1.39. The van der Waals surface area contributed by atoms with Gasteiger partial charge in [-0.3, -0.25) is 4.79 Å². The minimum Gasteiger partial charge on any atom is -0.356 e. The molecule has 1 heterocycles. The molecule has 0 saturated carbocycles. The normalized spacial score (nSPS) is 10.7. The fourth-order valence-electron chi connectivity index (χ4n) is 1.39. The van der Waals surface area contributed by atoms with E-state index in [1.807, 2.05) is 31.7 Å². The summed E-state index contributed by atoms with van der Waals surface area (Å²) in [5.41, 5.74) is 0. The molecular weight excluding hydrogens is 190 g/mol. The molecule has 1 aromatic rings. The average Bonchev–Trinajstić information content (AvgIpc) is 2.50. The fraction of sp³-hybridized carbons (Fsp3) is 0.636. The van der Waals surface area contributed by atoms with Gasteiger partial charge in [-0.25, -0.2) is 4.98 Å². The van der Waals surface area contributed by atoms with Crippen molar-refractivity contribution in [3.63, 3.8) is 0 Å². The molecule has 0 fully saturated rings. The lowest BCUT2D eigenvalue weighted by Crippen LogP contribution is -2.27. The second kappa shape index (κ2) is 5.53. The highest BCUT2D eigenvalue weighted by Crippen LogP contribution is 1.98. The second-order valence-corrected chi connectivity index (χ2v) is 4.15. The van der Waals surface area contributed by atoms with E-state index in [9.17, 15) is 4.79 Å². The summed E-state index contributed by atoms with van der Waals surface area (Å²) < 4.78 is 1.97. The van der Waals surface area contributed by atoms with Gasteiger partial charge in [0.25, 0.3) is 0 Å². The highest BCUT2D eigenvalue weighted by atomic mass is 16.1. The molecule has 0 radical (unpaired) electrons. The summed E-state index contributed by atoms with van der Waals surface area (Å²) in [6, 6.07) is 0. The van der Waals surface area contributed by atoms with E-state index in [-0.39, 0.29) is 5.91 Å². The van der Waals surface area contributed by atoms with Crippen molar-refractivity contribution in [2.24, 2.45) is 13.0 Å². The van der Waals surface area contributed by atoms with Gasteiger partial charge in [0.05, 0.1) is 0 Å². The van der Waals surface area contributed by atoms with Gasteiger partial charge in [0.15, 0.2) is 0 Å². The van der Waals surface area contributed by atoms with E-state index >= 15 is 0 Å². The Labute approximate surface area is 90.7 Å². The first-order valence-electron chi connectivity index (χ1n) is 5.32. The predicted octanol–water partition coefficient (Wildman–Crippen LogP) is 1.12. The molecule has 0 unspecified atom stereocenters. The second-order valence-electron chi connectivity index (χ2n) is 4.15. The Hall–Kier alpha value is -1.32. The van der Waals surface area contributed by atoms with Crippen molar-refractivity contribution in [3.05, 3.63) is 18.2 Å². The first-order chi connectivity index (χ1) is 7.09. The number of imidazole rings is 1. The molecule has 0 atom stereocenters. The monoisotopic (exact) mass is 209 g/mol. The molecule has 0 spiro atoms. The van der Waals surface area contributed by atoms with Crippen molar-refractivity contribution >= 4 is 5.91 Å². The van der Waals surface area contributed by atoms with E-state index in [0.717, 1.165) is 12.2 Å². The number of hydrogen-bond acceptors (Lipinski definition) is 2. The largest absolute Gasteiger partial charge is 0.356 e. The van der Waals surface area contributed by atoms with E-state index in [0.29, 0.717) is 18.9 Å². The Morgan fingerprint density at radius 1 is 1.60 bits per heavy atom. The Morgan fingerprint density at radius 2 is 2.33 bits per heavy atom. The van der Waals surface area contributed by atoms with Crippen LogP contribution in [0.4, 0.5) is 0 Å². The van der Waals surface area contributed by atoms with Gasteiger partial charge in [-0.1, -0.05) is 13.8 Å². The topological polar surface area (TPSA) is 46.9 Å². The van der Waals surface area contributed by atoms with E-state index in [4.69, 9.17) is 0 Å². The standard InChI is InChI=1S/C11H19N3O/c1-9(2)8-11(15)13-5-4-10-12-6-7-14(10)3/h6-7,9H,4-5,8H2,1-3H3,(H,13,15).